The lowest BCUT2D eigenvalue weighted by molar-refractivity contribution is -0.143. The van der Waals surface area contributed by atoms with Gasteiger partial charge in [-0.1, -0.05) is 25.4 Å². The minimum atomic E-state index is -0.213. The highest BCUT2D eigenvalue weighted by molar-refractivity contribution is 7.19. The van der Waals surface area contributed by atoms with Crippen molar-refractivity contribution in [3.63, 3.8) is 0 Å². The summed E-state index contributed by atoms with van der Waals surface area (Å²) in [6, 6.07) is 6.00. The van der Waals surface area contributed by atoms with E-state index in [2.05, 4.69) is 22.2 Å². The number of rotatable bonds is 5. The van der Waals surface area contributed by atoms with Gasteiger partial charge in [0, 0.05) is 21.5 Å². The number of thiophene rings is 1. The van der Waals surface area contributed by atoms with Crippen molar-refractivity contribution in [2.45, 2.75) is 59.2 Å². The molecule has 4 heterocycles. The van der Waals surface area contributed by atoms with E-state index in [0.29, 0.717) is 5.02 Å². The summed E-state index contributed by atoms with van der Waals surface area (Å²) in [6.45, 7) is 9.40. The topological polar surface area (TPSA) is 84.4 Å². The molecule has 1 aliphatic carbocycles. The maximum absolute atomic E-state index is 12.9. The molecule has 3 aliphatic rings. The fourth-order valence-electron chi connectivity index (χ4n) is 5.88. The molecule has 0 radical (unpaired) electrons. The third kappa shape index (κ3) is 3.73. The van der Waals surface area contributed by atoms with Crippen molar-refractivity contribution >= 4 is 45.0 Å². The Labute approximate surface area is 219 Å². The number of carbonyl (C=O) groups is 2. The molecule has 1 aromatic carbocycles. The Bertz CT molecular complexity index is 1380. The van der Waals surface area contributed by atoms with Gasteiger partial charge in [0.2, 0.25) is 11.8 Å². The van der Waals surface area contributed by atoms with Gasteiger partial charge in [-0.2, -0.15) is 0 Å². The Balaban J connectivity index is 1.36. The molecule has 0 spiro atoms. The van der Waals surface area contributed by atoms with Gasteiger partial charge in [-0.3, -0.25) is 14.5 Å². The van der Waals surface area contributed by atoms with Crippen LogP contribution in [0.4, 0.5) is 0 Å². The number of aromatic nitrogens is 2. The molecule has 2 unspecified atom stereocenters. The Morgan fingerprint density at radius 3 is 2.67 bits per heavy atom. The SMILES string of the molecule is Cc1cc(Cl)cc(-c2ncnc3cc(CN4C(=O)C5C(C4=O)C5(C)C)sc23)c1O[C@H]1CCCN[C@@H]1C. The molecule has 188 valence electrons. The number of carbonyl (C=O) groups excluding carboxylic acids is 2. The van der Waals surface area contributed by atoms with E-state index in [0.717, 1.165) is 57.1 Å². The van der Waals surface area contributed by atoms with Crippen LogP contribution in [0.3, 0.4) is 0 Å². The molecule has 36 heavy (non-hydrogen) atoms. The van der Waals surface area contributed by atoms with Crippen LogP contribution in [0.25, 0.3) is 21.5 Å². The molecule has 4 atom stereocenters. The molecular weight excluding hydrogens is 496 g/mol. The zero-order valence-corrected chi connectivity index (χ0v) is 22.4. The van der Waals surface area contributed by atoms with Crippen LogP contribution in [0.2, 0.25) is 5.02 Å². The standard InChI is InChI=1S/C27H29ClN4O3S/c1-13-8-15(28)9-17(23(13)35-19-6-5-7-29-14(19)2)22-24-18(30-12-31-22)10-16(36-24)11-32-25(33)20-21(26(32)34)27(20,3)4/h8-10,12,14,19-21,29H,5-7,11H2,1-4H3/t14-,19+,20?,21?/m1/s1. The number of ether oxygens (including phenoxy) is 1. The van der Waals surface area contributed by atoms with E-state index < -0.39 is 0 Å². The maximum atomic E-state index is 12.9. The number of fused-ring (bicyclic) bond motifs is 2. The Kier molecular flexibility index (Phi) is 5.63. The number of amides is 2. The summed E-state index contributed by atoms with van der Waals surface area (Å²) in [4.78, 5) is 37.2. The largest absolute Gasteiger partial charge is 0.488 e. The van der Waals surface area contributed by atoms with Gasteiger partial charge < -0.3 is 10.1 Å². The predicted molar refractivity (Wildman–Crippen MR) is 140 cm³/mol. The van der Waals surface area contributed by atoms with E-state index >= 15 is 0 Å². The molecule has 7 nitrogen and oxygen atoms in total. The summed E-state index contributed by atoms with van der Waals surface area (Å²) in [7, 11) is 0. The van der Waals surface area contributed by atoms with Gasteiger partial charge in [0.25, 0.3) is 0 Å². The van der Waals surface area contributed by atoms with E-state index in [9.17, 15) is 9.59 Å². The third-order valence-corrected chi connectivity index (χ3v) is 9.35. The van der Waals surface area contributed by atoms with Crippen molar-refractivity contribution in [1.29, 1.82) is 0 Å². The molecule has 3 fully saturated rings. The van der Waals surface area contributed by atoms with Crippen LogP contribution in [-0.4, -0.2) is 45.4 Å². The molecule has 3 aromatic rings. The predicted octanol–water partition coefficient (Wildman–Crippen LogP) is 4.98. The number of nitrogens with one attached hydrogen (secondary N) is 1. The number of imide groups is 1. The molecule has 1 N–H and O–H groups in total. The van der Waals surface area contributed by atoms with Crippen LogP contribution in [0.1, 0.15) is 44.1 Å². The summed E-state index contributed by atoms with van der Waals surface area (Å²) < 4.78 is 7.48. The molecule has 6 rings (SSSR count). The van der Waals surface area contributed by atoms with Crippen LogP contribution >= 0.6 is 22.9 Å². The Morgan fingerprint density at radius 2 is 1.94 bits per heavy atom. The van der Waals surface area contributed by atoms with Crippen molar-refractivity contribution < 1.29 is 14.3 Å². The molecular formula is C27H29ClN4O3S. The summed E-state index contributed by atoms with van der Waals surface area (Å²) in [6.07, 6.45) is 3.64. The number of aryl methyl sites for hydroxylation is 1. The highest BCUT2D eigenvalue weighted by Gasteiger charge is 2.72. The number of likely N-dealkylation sites (tertiary alicyclic amines) is 1. The number of hydrogen-bond acceptors (Lipinski definition) is 7. The first kappa shape index (κ1) is 23.8. The molecule has 1 saturated carbocycles. The first-order valence-electron chi connectivity index (χ1n) is 12.5. The van der Waals surface area contributed by atoms with E-state index in [1.54, 1.807) is 6.33 Å². The van der Waals surface area contributed by atoms with Gasteiger partial charge in [-0.25, -0.2) is 9.97 Å². The van der Waals surface area contributed by atoms with Gasteiger partial charge >= 0.3 is 0 Å². The zero-order valence-electron chi connectivity index (χ0n) is 20.8. The molecule has 9 heteroatoms. The second kappa shape index (κ2) is 8.50. The highest BCUT2D eigenvalue weighted by Crippen LogP contribution is 2.63. The number of hydrogen-bond donors (Lipinski definition) is 1. The van der Waals surface area contributed by atoms with Crippen molar-refractivity contribution in [3.05, 3.63) is 40.0 Å². The molecule has 2 amide bonds. The molecule has 2 saturated heterocycles. The zero-order chi connectivity index (χ0) is 25.4. The average Bonchev–Trinajstić information content (AvgIpc) is 3.08. The highest BCUT2D eigenvalue weighted by atomic mass is 35.5. The lowest BCUT2D eigenvalue weighted by Crippen LogP contribution is -2.45. The molecule has 0 bridgehead atoms. The molecule has 2 aliphatic heterocycles. The summed E-state index contributed by atoms with van der Waals surface area (Å²) >= 11 is 8.01. The number of piperidine rings is 2. The summed E-state index contributed by atoms with van der Waals surface area (Å²) in [5.74, 6) is 0.299. The fourth-order valence-corrected chi connectivity index (χ4v) is 7.25. The first-order valence-corrected chi connectivity index (χ1v) is 13.7. The normalized spacial score (nSPS) is 27.0. The Hall–Kier alpha value is -2.55. The lowest BCUT2D eigenvalue weighted by atomic mass is 10.0. The molecule has 2 aromatic heterocycles. The second-order valence-corrected chi connectivity index (χ2v) is 12.4. The smallest absolute Gasteiger partial charge is 0.234 e. The van der Waals surface area contributed by atoms with Crippen LogP contribution in [0, 0.1) is 24.2 Å². The number of nitrogens with zero attached hydrogens (tertiary/aromatic N) is 3. The monoisotopic (exact) mass is 524 g/mol. The van der Waals surface area contributed by atoms with Crippen molar-refractivity contribution in [2.75, 3.05) is 6.54 Å². The minimum absolute atomic E-state index is 0.0523. The van der Waals surface area contributed by atoms with Gasteiger partial charge in [0.15, 0.2) is 0 Å². The lowest BCUT2D eigenvalue weighted by Gasteiger charge is -2.31. The van der Waals surface area contributed by atoms with Crippen molar-refractivity contribution in [2.24, 2.45) is 17.3 Å². The van der Waals surface area contributed by atoms with Crippen molar-refractivity contribution in [1.82, 2.24) is 20.2 Å². The second-order valence-electron chi connectivity index (χ2n) is 10.8. The fraction of sp³-hybridized carbons (Fsp3) is 0.481. The van der Waals surface area contributed by atoms with Crippen molar-refractivity contribution in [3.8, 4) is 17.0 Å². The van der Waals surface area contributed by atoms with E-state index in [-0.39, 0.29) is 47.8 Å². The van der Waals surface area contributed by atoms with Gasteiger partial charge in [0.05, 0.1) is 34.3 Å². The number of benzene rings is 1. The summed E-state index contributed by atoms with van der Waals surface area (Å²) in [5, 5.41) is 4.11. The van der Waals surface area contributed by atoms with Gasteiger partial charge in [-0.05, 0) is 62.4 Å². The van der Waals surface area contributed by atoms with Crippen LogP contribution < -0.4 is 10.1 Å². The van der Waals surface area contributed by atoms with Crippen LogP contribution in [0.15, 0.2) is 24.5 Å². The van der Waals surface area contributed by atoms with Gasteiger partial charge in [0.1, 0.15) is 18.2 Å². The maximum Gasteiger partial charge on any atom is 0.234 e. The van der Waals surface area contributed by atoms with Gasteiger partial charge in [-0.15, -0.1) is 11.3 Å². The third-order valence-electron chi connectivity index (χ3n) is 8.02. The van der Waals surface area contributed by atoms with E-state index in [4.69, 9.17) is 16.3 Å². The first-order chi connectivity index (χ1) is 17.2. The van der Waals surface area contributed by atoms with Crippen LogP contribution in [0.5, 0.6) is 5.75 Å². The number of halogens is 1. The van der Waals surface area contributed by atoms with Crippen LogP contribution in [-0.2, 0) is 16.1 Å². The van der Waals surface area contributed by atoms with E-state index in [1.165, 1.54) is 16.2 Å². The van der Waals surface area contributed by atoms with E-state index in [1.807, 2.05) is 39.0 Å². The summed E-state index contributed by atoms with van der Waals surface area (Å²) in [5.41, 5.74) is 3.09. The quantitative estimate of drug-likeness (QED) is 0.474. The Morgan fingerprint density at radius 1 is 1.19 bits per heavy atom. The average molecular weight is 525 g/mol. The minimum Gasteiger partial charge on any atom is -0.488 e.